The van der Waals surface area contributed by atoms with Gasteiger partial charge in [0.05, 0.1) is 17.9 Å². The van der Waals surface area contributed by atoms with Crippen LogP contribution in [0.3, 0.4) is 0 Å². The summed E-state index contributed by atoms with van der Waals surface area (Å²) in [4.78, 5) is 15.5. The normalized spacial score (nSPS) is 13.3. The molecule has 1 amide bonds. The molecule has 2 rings (SSSR count). The molecular formula is C11H17Cl2N3O. The first-order valence-corrected chi connectivity index (χ1v) is 5.04. The summed E-state index contributed by atoms with van der Waals surface area (Å²) in [6.07, 6.45) is 0. The second-order valence-corrected chi connectivity index (χ2v) is 3.66. The van der Waals surface area contributed by atoms with E-state index in [0.717, 1.165) is 17.9 Å². The molecule has 1 aromatic rings. The number of para-hydroxylation sites is 2. The van der Waals surface area contributed by atoms with Crippen LogP contribution in [0.2, 0.25) is 0 Å². The highest BCUT2D eigenvalue weighted by Crippen LogP contribution is 2.31. The minimum absolute atomic E-state index is 0. The van der Waals surface area contributed by atoms with E-state index in [1.807, 2.05) is 31.3 Å². The van der Waals surface area contributed by atoms with E-state index < -0.39 is 0 Å². The van der Waals surface area contributed by atoms with Gasteiger partial charge in [-0.25, -0.2) is 0 Å². The zero-order valence-electron chi connectivity index (χ0n) is 9.63. The van der Waals surface area contributed by atoms with Gasteiger partial charge in [-0.2, -0.15) is 0 Å². The van der Waals surface area contributed by atoms with Gasteiger partial charge in [-0.15, -0.1) is 24.8 Å². The van der Waals surface area contributed by atoms with E-state index in [1.54, 1.807) is 4.90 Å². The smallest absolute Gasteiger partial charge is 0.240 e. The maximum Gasteiger partial charge on any atom is 0.240 e. The van der Waals surface area contributed by atoms with Gasteiger partial charge >= 0.3 is 0 Å². The molecule has 96 valence electrons. The molecule has 0 fully saturated rings. The molecule has 1 aliphatic rings. The van der Waals surface area contributed by atoms with Crippen molar-refractivity contribution in [3.05, 3.63) is 24.3 Å². The summed E-state index contributed by atoms with van der Waals surface area (Å²) < 4.78 is 0. The molecule has 1 aromatic carbocycles. The Kier molecular flexibility index (Phi) is 6.31. The van der Waals surface area contributed by atoms with E-state index in [9.17, 15) is 4.79 Å². The van der Waals surface area contributed by atoms with Gasteiger partial charge in [-0.1, -0.05) is 12.1 Å². The molecule has 0 aromatic heterocycles. The van der Waals surface area contributed by atoms with Gasteiger partial charge in [-0.05, 0) is 12.1 Å². The molecule has 4 nitrogen and oxygen atoms in total. The van der Waals surface area contributed by atoms with Crippen molar-refractivity contribution >= 4 is 42.1 Å². The molecule has 0 atom stereocenters. The lowest BCUT2D eigenvalue weighted by Crippen LogP contribution is -2.45. The molecular weight excluding hydrogens is 261 g/mol. The van der Waals surface area contributed by atoms with Gasteiger partial charge in [0, 0.05) is 20.1 Å². The summed E-state index contributed by atoms with van der Waals surface area (Å²) in [6.45, 7) is 1.63. The SMILES string of the molecule is CN1CCN(C(=O)CN)c2ccccc21.Cl.Cl. The van der Waals surface area contributed by atoms with Gasteiger partial charge in [-0.3, -0.25) is 4.79 Å². The molecule has 6 heteroatoms. The van der Waals surface area contributed by atoms with Gasteiger partial charge in [0.2, 0.25) is 5.91 Å². The lowest BCUT2D eigenvalue weighted by Gasteiger charge is -2.35. The van der Waals surface area contributed by atoms with Crippen molar-refractivity contribution in [3.63, 3.8) is 0 Å². The molecule has 0 aliphatic carbocycles. The summed E-state index contributed by atoms with van der Waals surface area (Å²) in [6, 6.07) is 7.89. The lowest BCUT2D eigenvalue weighted by molar-refractivity contribution is -0.117. The number of likely N-dealkylation sites (N-methyl/N-ethyl adjacent to an activating group) is 1. The minimum Gasteiger partial charge on any atom is -0.371 e. The molecule has 0 radical (unpaired) electrons. The summed E-state index contributed by atoms with van der Waals surface area (Å²) in [7, 11) is 2.03. The van der Waals surface area contributed by atoms with Crippen LogP contribution in [0.15, 0.2) is 24.3 Å². The molecule has 0 bridgehead atoms. The van der Waals surface area contributed by atoms with Gasteiger partial charge in [0.1, 0.15) is 0 Å². The van der Waals surface area contributed by atoms with Crippen LogP contribution in [-0.2, 0) is 4.79 Å². The molecule has 0 saturated heterocycles. The fourth-order valence-electron chi connectivity index (χ4n) is 1.88. The molecule has 17 heavy (non-hydrogen) atoms. The molecule has 0 spiro atoms. The number of carbonyl (C=O) groups is 1. The number of fused-ring (bicyclic) bond motifs is 1. The van der Waals surface area contributed by atoms with Crippen LogP contribution in [0.5, 0.6) is 0 Å². The summed E-state index contributed by atoms with van der Waals surface area (Å²) in [5, 5.41) is 0. The Labute approximate surface area is 114 Å². The number of anilines is 2. The Bertz CT molecular complexity index is 387. The van der Waals surface area contributed by atoms with E-state index in [4.69, 9.17) is 5.73 Å². The molecule has 2 N–H and O–H groups in total. The standard InChI is InChI=1S/C11H15N3O.2ClH/c1-13-6-7-14(11(15)8-12)10-5-3-2-4-9(10)13;;/h2-5H,6-8,12H2,1H3;2*1H. The van der Waals surface area contributed by atoms with Crippen molar-refractivity contribution in [2.75, 3.05) is 36.5 Å². The lowest BCUT2D eigenvalue weighted by atomic mass is 10.1. The predicted octanol–water partition coefficient (Wildman–Crippen LogP) is 1.27. The Balaban J connectivity index is 0.00000128. The number of carbonyl (C=O) groups excluding carboxylic acids is 1. The number of amides is 1. The minimum atomic E-state index is -0.0180. The van der Waals surface area contributed by atoms with Gasteiger partial charge < -0.3 is 15.5 Å². The fraction of sp³-hybridized carbons (Fsp3) is 0.364. The monoisotopic (exact) mass is 277 g/mol. The number of hydrogen-bond donors (Lipinski definition) is 1. The Hall–Kier alpha value is -0.970. The number of rotatable bonds is 1. The maximum atomic E-state index is 11.6. The first-order chi connectivity index (χ1) is 7.24. The first-order valence-electron chi connectivity index (χ1n) is 5.04. The summed E-state index contributed by atoms with van der Waals surface area (Å²) in [5.41, 5.74) is 7.44. The third kappa shape index (κ3) is 3.03. The Morgan fingerprint density at radius 3 is 2.41 bits per heavy atom. The van der Waals surface area contributed by atoms with Crippen molar-refractivity contribution in [2.45, 2.75) is 0 Å². The highest BCUT2D eigenvalue weighted by Gasteiger charge is 2.23. The number of nitrogens with zero attached hydrogens (tertiary/aromatic N) is 2. The highest BCUT2D eigenvalue weighted by molar-refractivity contribution is 5.98. The van der Waals surface area contributed by atoms with E-state index in [0.29, 0.717) is 6.54 Å². The zero-order valence-corrected chi connectivity index (χ0v) is 11.3. The van der Waals surface area contributed by atoms with Crippen LogP contribution in [0, 0.1) is 0 Å². The van der Waals surface area contributed by atoms with Gasteiger partial charge in [0.25, 0.3) is 0 Å². The third-order valence-electron chi connectivity index (χ3n) is 2.72. The van der Waals surface area contributed by atoms with Crippen LogP contribution in [0.1, 0.15) is 0 Å². The van der Waals surface area contributed by atoms with Crippen molar-refractivity contribution in [3.8, 4) is 0 Å². The molecule has 0 unspecified atom stereocenters. The quantitative estimate of drug-likeness (QED) is 0.841. The topological polar surface area (TPSA) is 49.6 Å². The van der Waals surface area contributed by atoms with Gasteiger partial charge in [0.15, 0.2) is 0 Å². The first kappa shape index (κ1) is 16.0. The van der Waals surface area contributed by atoms with Crippen LogP contribution in [0.25, 0.3) is 0 Å². The van der Waals surface area contributed by atoms with E-state index in [1.165, 1.54) is 0 Å². The van der Waals surface area contributed by atoms with Crippen LogP contribution in [0.4, 0.5) is 11.4 Å². The summed E-state index contributed by atoms with van der Waals surface area (Å²) in [5.74, 6) is -0.0180. The third-order valence-corrected chi connectivity index (χ3v) is 2.72. The van der Waals surface area contributed by atoms with E-state index in [-0.39, 0.29) is 37.3 Å². The Morgan fingerprint density at radius 2 is 1.82 bits per heavy atom. The van der Waals surface area contributed by atoms with Crippen molar-refractivity contribution < 1.29 is 4.79 Å². The van der Waals surface area contributed by atoms with Crippen LogP contribution < -0.4 is 15.5 Å². The van der Waals surface area contributed by atoms with Crippen LogP contribution >= 0.6 is 24.8 Å². The van der Waals surface area contributed by atoms with E-state index >= 15 is 0 Å². The van der Waals surface area contributed by atoms with Crippen molar-refractivity contribution in [2.24, 2.45) is 5.73 Å². The second-order valence-electron chi connectivity index (χ2n) is 3.66. The van der Waals surface area contributed by atoms with Crippen molar-refractivity contribution in [1.29, 1.82) is 0 Å². The zero-order chi connectivity index (χ0) is 10.8. The maximum absolute atomic E-state index is 11.6. The second kappa shape index (κ2) is 6.69. The predicted molar refractivity (Wildman–Crippen MR) is 75.6 cm³/mol. The Morgan fingerprint density at radius 1 is 1.24 bits per heavy atom. The number of halogens is 2. The fourth-order valence-corrected chi connectivity index (χ4v) is 1.88. The number of nitrogens with two attached hydrogens (primary N) is 1. The molecule has 1 heterocycles. The number of hydrogen-bond acceptors (Lipinski definition) is 3. The average Bonchev–Trinajstić information content (AvgIpc) is 2.29. The highest BCUT2D eigenvalue weighted by atomic mass is 35.5. The molecule has 0 saturated carbocycles. The van der Waals surface area contributed by atoms with Crippen LogP contribution in [-0.4, -0.2) is 32.6 Å². The average molecular weight is 278 g/mol. The number of benzene rings is 1. The van der Waals surface area contributed by atoms with E-state index in [2.05, 4.69) is 4.90 Å². The summed E-state index contributed by atoms with van der Waals surface area (Å²) >= 11 is 0. The largest absolute Gasteiger partial charge is 0.371 e. The molecule has 1 aliphatic heterocycles. The van der Waals surface area contributed by atoms with Crippen molar-refractivity contribution in [1.82, 2.24) is 0 Å².